The van der Waals surface area contributed by atoms with Gasteiger partial charge in [0.25, 0.3) is 5.69 Å². The molecular formula is C14H18ClN3O3. The Kier molecular flexibility index (Phi) is 5.52. The minimum absolute atomic E-state index is 0.186. The Bertz CT molecular complexity index is 530. The van der Waals surface area contributed by atoms with Crippen LogP contribution in [0.3, 0.4) is 0 Å². The maximum atomic E-state index is 11.9. The lowest BCUT2D eigenvalue weighted by molar-refractivity contribution is -0.383. The van der Waals surface area contributed by atoms with Gasteiger partial charge in [0.15, 0.2) is 0 Å². The van der Waals surface area contributed by atoms with Crippen LogP contribution in [0.15, 0.2) is 18.2 Å². The van der Waals surface area contributed by atoms with Crippen molar-refractivity contribution in [1.82, 2.24) is 5.32 Å². The number of benzene rings is 1. The number of anilines is 1. The summed E-state index contributed by atoms with van der Waals surface area (Å²) in [6, 6.07) is 4.58. The predicted molar refractivity (Wildman–Crippen MR) is 81.6 cm³/mol. The van der Waals surface area contributed by atoms with Crippen LogP contribution in [0.1, 0.15) is 32.1 Å². The lowest BCUT2D eigenvalue weighted by Gasteiger charge is -2.23. The summed E-state index contributed by atoms with van der Waals surface area (Å²) < 4.78 is 0. The van der Waals surface area contributed by atoms with E-state index in [4.69, 9.17) is 11.6 Å². The van der Waals surface area contributed by atoms with Crippen molar-refractivity contribution < 1.29 is 9.72 Å². The Hall–Kier alpha value is -1.66. The molecular weight excluding hydrogens is 294 g/mol. The van der Waals surface area contributed by atoms with Crippen molar-refractivity contribution in [2.75, 3.05) is 11.9 Å². The first-order valence-electron chi connectivity index (χ1n) is 7.03. The molecule has 0 saturated carbocycles. The van der Waals surface area contributed by atoms with E-state index < -0.39 is 4.92 Å². The molecule has 0 spiro atoms. The third-order valence-corrected chi connectivity index (χ3v) is 3.80. The normalized spacial score (nSPS) is 18.2. The molecule has 21 heavy (non-hydrogen) atoms. The third-order valence-electron chi connectivity index (χ3n) is 3.56. The lowest BCUT2D eigenvalue weighted by atomic mass is 10.0. The van der Waals surface area contributed by atoms with Crippen molar-refractivity contribution >= 4 is 28.9 Å². The van der Waals surface area contributed by atoms with Gasteiger partial charge in [-0.3, -0.25) is 14.9 Å². The lowest BCUT2D eigenvalue weighted by Crippen LogP contribution is -2.34. The molecule has 0 bridgehead atoms. The highest BCUT2D eigenvalue weighted by atomic mass is 35.5. The zero-order chi connectivity index (χ0) is 15.2. The van der Waals surface area contributed by atoms with Crippen LogP contribution in [0.25, 0.3) is 0 Å². The molecule has 1 unspecified atom stereocenters. The Morgan fingerprint density at radius 1 is 1.48 bits per heavy atom. The van der Waals surface area contributed by atoms with Gasteiger partial charge in [-0.05, 0) is 37.9 Å². The molecule has 114 valence electrons. The third kappa shape index (κ3) is 4.68. The molecule has 0 radical (unpaired) electrons. The van der Waals surface area contributed by atoms with E-state index >= 15 is 0 Å². The summed E-state index contributed by atoms with van der Waals surface area (Å²) in [7, 11) is 0. The summed E-state index contributed by atoms with van der Waals surface area (Å²) in [5, 5.41) is 17.2. The molecule has 1 aliphatic rings. The largest absolute Gasteiger partial charge is 0.320 e. The van der Waals surface area contributed by atoms with Gasteiger partial charge >= 0.3 is 0 Å². The van der Waals surface area contributed by atoms with Gasteiger partial charge in [0.05, 0.1) is 4.92 Å². The number of nitrogens with one attached hydrogen (secondary N) is 2. The molecule has 1 aliphatic heterocycles. The van der Waals surface area contributed by atoms with Gasteiger partial charge < -0.3 is 10.6 Å². The van der Waals surface area contributed by atoms with E-state index in [9.17, 15) is 14.9 Å². The topological polar surface area (TPSA) is 84.3 Å². The molecule has 1 aromatic rings. The summed E-state index contributed by atoms with van der Waals surface area (Å²) in [6.45, 7) is 0.995. The number of hydrogen-bond donors (Lipinski definition) is 2. The number of halogens is 1. The van der Waals surface area contributed by atoms with E-state index in [0.29, 0.717) is 12.5 Å². The van der Waals surface area contributed by atoms with Crippen molar-refractivity contribution in [3.63, 3.8) is 0 Å². The van der Waals surface area contributed by atoms with Gasteiger partial charge in [-0.25, -0.2) is 0 Å². The summed E-state index contributed by atoms with van der Waals surface area (Å²) in [6.07, 6.45) is 4.53. The maximum absolute atomic E-state index is 11.9. The standard InChI is InChI=1S/C14H18ClN3O3/c15-10-4-6-12(13(9-10)18(20)21)17-14(19)7-5-11-3-1-2-8-16-11/h4,6,9,11,16H,1-3,5,7-8H2,(H,17,19). The van der Waals surface area contributed by atoms with Gasteiger partial charge in [-0.2, -0.15) is 0 Å². The highest BCUT2D eigenvalue weighted by Crippen LogP contribution is 2.28. The van der Waals surface area contributed by atoms with Crippen molar-refractivity contribution in [1.29, 1.82) is 0 Å². The minimum atomic E-state index is -0.551. The molecule has 0 aromatic heterocycles. The molecule has 1 saturated heterocycles. The quantitative estimate of drug-likeness (QED) is 0.646. The van der Waals surface area contributed by atoms with E-state index in [0.717, 1.165) is 19.4 Å². The predicted octanol–water partition coefficient (Wildman–Crippen LogP) is 3.11. The summed E-state index contributed by atoms with van der Waals surface area (Å²) in [4.78, 5) is 22.3. The van der Waals surface area contributed by atoms with Crippen molar-refractivity contribution in [2.45, 2.75) is 38.1 Å². The molecule has 0 aliphatic carbocycles. The van der Waals surface area contributed by atoms with Gasteiger partial charge in [0, 0.05) is 23.6 Å². The molecule has 7 heteroatoms. The smallest absolute Gasteiger partial charge is 0.294 e. The molecule has 6 nitrogen and oxygen atoms in total. The SMILES string of the molecule is O=C(CCC1CCCCN1)Nc1ccc(Cl)cc1[N+](=O)[O-]. The van der Waals surface area contributed by atoms with E-state index in [2.05, 4.69) is 10.6 Å². The Morgan fingerprint density at radius 3 is 2.95 bits per heavy atom. The fourth-order valence-corrected chi connectivity index (χ4v) is 2.62. The van der Waals surface area contributed by atoms with Crippen molar-refractivity contribution in [3.05, 3.63) is 33.3 Å². The highest BCUT2D eigenvalue weighted by molar-refractivity contribution is 6.31. The van der Waals surface area contributed by atoms with E-state index in [1.165, 1.54) is 31.0 Å². The van der Waals surface area contributed by atoms with Gasteiger partial charge in [-0.1, -0.05) is 18.0 Å². The van der Waals surface area contributed by atoms with Crippen LogP contribution in [0, 0.1) is 10.1 Å². The number of amides is 1. The number of carbonyl (C=O) groups excluding carboxylic acids is 1. The first-order chi connectivity index (χ1) is 10.1. The fourth-order valence-electron chi connectivity index (χ4n) is 2.45. The van der Waals surface area contributed by atoms with Gasteiger partial charge in [0.2, 0.25) is 5.91 Å². The minimum Gasteiger partial charge on any atom is -0.320 e. The van der Waals surface area contributed by atoms with Crippen LogP contribution < -0.4 is 10.6 Å². The van der Waals surface area contributed by atoms with Crippen LogP contribution in [-0.4, -0.2) is 23.4 Å². The molecule has 1 heterocycles. The molecule has 1 atom stereocenters. The van der Waals surface area contributed by atoms with Crippen LogP contribution in [-0.2, 0) is 4.79 Å². The number of piperidine rings is 1. The monoisotopic (exact) mass is 311 g/mol. The van der Waals surface area contributed by atoms with Crippen LogP contribution in [0.4, 0.5) is 11.4 Å². The number of nitro benzene ring substituents is 1. The fraction of sp³-hybridized carbons (Fsp3) is 0.500. The average molecular weight is 312 g/mol. The first kappa shape index (κ1) is 15.7. The van der Waals surface area contributed by atoms with Crippen molar-refractivity contribution in [3.8, 4) is 0 Å². The van der Waals surface area contributed by atoms with Crippen LogP contribution >= 0.6 is 11.6 Å². The summed E-state index contributed by atoms with van der Waals surface area (Å²) >= 11 is 5.73. The second-order valence-corrected chi connectivity index (χ2v) is 5.59. The highest BCUT2D eigenvalue weighted by Gasteiger charge is 2.18. The average Bonchev–Trinajstić information content (AvgIpc) is 2.48. The molecule has 1 aromatic carbocycles. The Morgan fingerprint density at radius 2 is 2.29 bits per heavy atom. The molecule has 1 amide bonds. The van der Waals surface area contributed by atoms with Crippen LogP contribution in [0.5, 0.6) is 0 Å². The van der Waals surface area contributed by atoms with E-state index in [-0.39, 0.29) is 22.3 Å². The van der Waals surface area contributed by atoms with Crippen LogP contribution in [0.2, 0.25) is 5.02 Å². The Balaban J connectivity index is 1.91. The maximum Gasteiger partial charge on any atom is 0.294 e. The number of carbonyl (C=O) groups is 1. The molecule has 2 rings (SSSR count). The zero-order valence-corrected chi connectivity index (χ0v) is 12.4. The number of nitrogens with zero attached hydrogens (tertiary/aromatic N) is 1. The van der Waals surface area contributed by atoms with Gasteiger partial charge in [-0.15, -0.1) is 0 Å². The Labute approximate surface area is 128 Å². The zero-order valence-electron chi connectivity index (χ0n) is 11.6. The first-order valence-corrected chi connectivity index (χ1v) is 7.41. The van der Waals surface area contributed by atoms with Gasteiger partial charge in [0.1, 0.15) is 5.69 Å². The molecule has 1 fully saturated rings. The van der Waals surface area contributed by atoms with Crippen molar-refractivity contribution in [2.24, 2.45) is 0 Å². The molecule has 2 N–H and O–H groups in total. The number of hydrogen-bond acceptors (Lipinski definition) is 4. The second kappa shape index (κ2) is 7.38. The summed E-state index contributed by atoms with van der Waals surface area (Å²) in [5.74, 6) is -0.215. The summed E-state index contributed by atoms with van der Waals surface area (Å²) in [5.41, 5.74) is -0.00218. The second-order valence-electron chi connectivity index (χ2n) is 5.15. The van der Waals surface area contributed by atoms with E-state index in [1.54, 1.807) is 0 Å². The number of rotatable bonds is 5. The number of nitro groups is 1. The van der Waals surface area contributed by atoms with E-state index in [1.807, 2.05) is 0 Å².